The molecule has 1 fully saturated rings. The van der Waals surface area contributed by atoms with Crippen LogP contribution in [0.5, 0.6) is 0 Å². The van der Waals surface area contributed by atoms with E-state index in [9.17, 15) is 0 Å². The van der Waals surface area contributed by atoms with E-state index >= 15 is 0 Å². The predicted molar refractivity (Wildman–Crippen MR) is 80.3 cm³/mol. The molecule has 0 radical (unpaired) electrons. The van der Waals surface area contributed by atoms with Gasteiger partial charge in [-0.25, -0.2) is 0 Å². The third-order valence-electron chi connectivity index (χ3n) is 3.80. The molecule has 0 aliphatic carbocycles. The van der Waals surface area contributed by atoms with Crippen molar-refractivity contribution >= 4 is 11.3 Å². The van der Waals surface area contributed by atoms with E-state index in [0.29, 0.717) is 0 Å². The summed E-state index contributed by atoms with van der Waals surface area (Å²) in [6.45, 7) is 9.33. The average molecular weight is 266 g/mol. The van der Waals surface area contributed by atoms with Gasteiger partial charge in [0.15, 0.2) is 0 Å². The van der Waals surface area contributed by atoms with Crippen LogP contribution in [0, 0.1) is 6.92 Å². The zero-order valence-electron chi connectivity index (χ0n) is 11.7. The smallest absolute Gasteiger partial charge is 0.0331 e. The molecule has 0 bridgehead atoms. The van der Waals surface area contributed by atoms with Gasteiger partial charge in [0.2, 0.25) is 0 Å². The van der Waals surface area contributed by atoms with Crippen LogP contribution in [-0.2, 0) is 6.54 Å². The first kappa shape index (κ1) is 14.0. The number of thiophene rings is 1. The molecule has 0 aromatic carbocycles. The molecule has 0 spiro atoms. The van der Waals surface area contributed by atoms with Crippen LogP contribution in [0.25, 0.3) is 0 Å². The van der Waals surface area contributed by atoms with Crippen LogP contribution >= 0.6 is 11.3 Å². The molecular formula is C15H26N2S. The van der Waals surface area contributed by atoms with Crippen molar-refractivity contribution in [2.24, 2.45) is 0 Å². The Hall–Kier alpha value is -0.380. The van der Waals surface area contributed by atoms with E-state index < -0.39 is 0 Å². The molecule has 1 unspecified atom stereocenters. The lowest BCUT2D eigenvalue weighted by atomic mass is 10.2. The summed E-state index contributed by atoms with van der Waals surface area (Å²) in [5, 5.41) is 5.84. The summed E-state index contributed by atoms with van der Waals surface area (Å²) >= 11 is 1.91. The summed E-state index contributed by atoms with van der Waals surface area (Å²) in [7, 11) is 0. The molecular weight excluding hydrogens is 240 g/mol. The van der Waals surface area contributed by atoms with Crippen LogP contribution in [0.4, 0.5) is 0 Å². The third kappa shape index (κ3) is 4.08. The average Bonchev–Trinajstić information content (AvgIpc) is 2.99. The lowest BCUT2D eigenvalue weighted by Crippen LogP contribution is -2.37. The highest BCUT2D eigenvalue weighted by molar-refractivity contribution is 7.10. The molecule has 1 aliphatic rings. The fourth-order valence-corrected chi connectivity index (χ4v) is 3.56. The van der Waals surface area contributed by atoms with Crippen LogP contribution in [0.3, 0.4) is 0 Å². The largest absolute Gasteiger partial charge is 0.313 e. The minimum Gasteiger partial charge on any atom is -0.313 e. The Bertz CT molecular complexity index is 342. The number of aryl methyl sites for hydroxylation is 1. The van der Waals surface area contributed by atoms with Gasteiger partial charge in [0.1, 0.15) is 0 Å². The number of hydrogen-bond acceptors (Lipinski definition) is 3. The third-order valence-corrected chi connectivity index (χ3v) is 4.81. The Morgan fingerprint density at radius 2 is 2.39 bits per heavy atom. The molecule has 18 heavy (non-hydrogen) atoms. The van der Waals surface area contributed by atoms with Gasteiger partial charge < -0.3 is 5.32 Å². The van der Waals surface area contributed by atoms with Crippen LogP contribution < -0.4 is 5.32 Å². The van der Waals surface area contributed by atoms with Crippen LogP contribution in [0.2, 0.25) is 0 Å². The van der Waals surface area contributed by atoms with Crippen molar-refractivity contribution in [3.63, 3.8) is 0 Å². The van der Waals surface area contributed by atoms with E-state index in [1.165, 1.54) is 50.9 Å². The molecule has 0 amide bonds. The van der Waals surface area contributed by atoms with Gasteiger partial charge in [0.05, 0.1) is 0 Å². The van der Waals surface area contributed by atoms with E-state index in [1.807, 2.05) is 11.3 Å². The fraction of sp³-hybridized carbons (Fsp3) is 0.733. The molecule has 1 aromatic heterocycles. The number of unbranched alkanes of at least 4 members (excludes halogenated alkanes) is 1. The quantitative estimate of drug-likeness (QED) is 0.813. The van der Waals surface area contributed by atoms with E-state index in [0.717, 1.165) is 12.6 Å². The zero-order chi connectivity index (χ0) is 12.8. The van der Waals surface area contributed by atoms with Gasteiger partial charge in [-0.2, -0.15) is 0 Å². The van der Waals surface area contributed by atoms with Crippen molar-refractivity contribution < 1.29 is 0 Å². The molecule has 2 nitrogen and oxygen atoms in total. The van der Waals surface area contributed by atoms with Gasteiger partial charge in [0.25, 0.3) is 0 Å². The van der Waals surface area contributed by atoms with Crippen LogP contribution in [0.1, 0.15) is 43.0 Å². The zero-order valence-corrected chi connectivity index (χ0v) is 12.6. The Balaban J connectivity index is 1.89. The highest BCUT2D eigenvalue weighted by Gasteiger charge is 2.18. The molecule has 102 valence electrons. The summed E-state index contributed by atoms with van der Waals surface area (Å²) < 4.78 is 0. The van der Waals surface area contributed by atoms with Crippen LogP contribution in [0.15, 0.2) is 11.4 Å². The summed E-state index contributed by atoms with van der Waals surface area (Å²) in [6.07, 6.45) is 5.31. The molecule has 1 atom stereocenters. The first-order chi connectivity index (χ1) is 8.79. The first-order valence-electron chi connectivity index (χ1n) is 7.28. The van der Waals surface area contributed by atoms with Gasteiger partial charge in [-0.05, 0) is 56.3 Å². The molecule has 1 saturated heterocycles. The van der Waals surface area contributed by atoms with Crippen molar-refractivity contribution in [2.45, 2.75) is 52.1 Å². The first-order valence-corrected chi connectivity index (χ1v) is 8.16. The van der Waals surface area contributed by atoms with Crippen molar-refractivity contribution in [3.05, 3.63) is 21.9 Å². The summed E-state index contributed by atoms with van der Waals surface area (Å²) in [5.41, 5.74) is 1.46. The second kappa shape index (κ2) is 7.27. The second-order valence-corrected chi connectivity index (χ2v) is 6.41. The molecule has 0 saturated carbocycles. The molecule has 1 aliphatic heterocycles. The molecule has 1 aromatic rings. The topological polar surface area (TPSA) is 15.3 Å². The number of hydrogen-bond donors (Lipinski definition) is 1. The second-order valence-electron chi connectivity index (χ2n) is 5.41. The number of rotatable bonds is 7. The normalized spacial score (nSPS) is 19.8. The summed E-state index contributed by atoms with van der Waals surface area (Å²) in [5.74, 6) is 0. The highest BCUT2D eigenvalue weighted by Crippen LogP contribution is 2.19. The fourth-order valence-electron chi connectivity index (χ4n) is 2.61. The maximum atomic E-state index is 3.62. The van der Waals surface area contributed by atoms with Crippen LogP contribution in [-0.4, -0.2) is 30.6 Å². The highest BCUT2D eigenvalue weighted by atomic mass is 32.1. The number of nitrogens with zero attached hydrogens (tertiary/aromatic N) is 1. The lowest BCUT2D eigenvalue weighted by Gasteiger charge is -2.25. The SMILES string of the molecule is CCCCN(Cc1sccc1C)CC1CCCN1. The van der Waals surface area contributed by atoms with Gasteiger partial charge in [-0.1, -0.05) is 13.3 Å². The van der Waals surface area contributed by atoms with Crippen molar-refractivity contribution in [1.29, 1.82) is 0 Å². The van der Waals surface area contributed by atoms with Gasteiger partial charge in [-0.3, -0.25) is 4.90 Å². The van der Waals surface area contributed by atoms with Gasteiger partial charge in [0, 0.05) is 24.0 Å². The van der Waals surface area contributed by atoms with Gasteiger partial charge in [-0.15, -0.1) is 11.3 Å². The Kier molecular flexibility index (Phi) is 5.67. The maximum Gasteiger partial charge on any atom is 0.0331 e. The van der Waals surface area contributed by atoms with Crippen molar-refractivity contribution in [1.82, 2.24) is 10.2 Å². The van der Waals surface area contributed by atoms with Gasteiger partial charge >= 0.3 is 0 Å². The minimum atomic E-state index is 0.724. The minimum absolute atomic E-state index is 0.724. The van der Waals surface area contributed by atoms with E-state index in [2.05, 4.69) is 35.5 Å². The summed E-state index contributed by atoms with van der Waals surface area (Å²) in [6, 6.07) is 2.97. The predicted octanol–water partition coefficient (Wildman–Crippen LogP) is 3.41. The molecule has 1 N–H and O–H groups in total. The van der Waals surface area contributed by atoms with E-state index in [-0.39, 0.29) is 0 Å². The Morgan fingerprint density at radius 3 is 3.00 bits per heavy atom. The maximum absolute atomic E-state index is 3.62. The standard InChI is InChI=1S/C15H26N2S/c1-3-4-9-17(11-14-6-5-8-16-14)12-15-13(2)7-10-18-15/h7,10,14,16H,3-6,8-9,11-12H2,1-2H3. The molecule has 3 heteroatoms. The molecule has 2 heterocycles. The monoisotopic (exact) mass is 266 g/mol. The lowest BCUT2D eigenvalue weighted by molar-refractivity contribution is 0.239. The molecule has 2 rings (SSSR count). The van der Waals surface area contributed by atoms with Crippen molar-refractivity contribution in [3.8, 4) is 0 Å². The van der Waals surface area contributed by atoms with Crippen molar-refractivity contribution in [2.75, 3.05) is 19.6 Å². The number of nitrogens with one attached hydrogen (secondary N) is 1. The Morgan fingerprint density at radius 1 is 1.50 bits per heavy atom. The van der Waals surface area contributed by atoms with E-state index in [4.69, 9.17) is 0 Å². The summed E-state index contributed by atoms with van der Waals surface area (Å²) in [4.78, 5) is 4.19. The van der Waals surface area contributed by atoms with E-state index in [1.54, 1.807) is 4.88 Å². The Labute approximate surface area is 115 Å².